The molecule has 0 unspecified atom stereocenters. The van der Waals surface area contributed by atoms with Crippen LogP contribution in [-0.4, -0.2) is 31.4 Å². The fourth-order valence-corrected chi connectivity index (χ4v) is 2.19. The number of benzene rings is 2. The van der Waals surface area contributed by atoms with Crippen LogP contribution in [0.5, 0.6) is 17.2 Å². The molecule has 0 aromatic heterocycles. The molecule has 24 heavy (non-hydrogen) atoms. The number of carboxylic acids is 1. The van der Waals surface area contributed by atoms with Crippen molar-refractivity contribution >= 4 is 5.97 Å². The van der Waals surface area contributed by atoms with Crippen LogP contribution < -0.4 is 14.2 Å². The zero-order valence-corrected chi connectivity index (χ0v) is 14.0. The lowest BCUT2D eigenvalue weighted by Gasteiger charge is -2.13. The van der Waals surface area contributed by atoms with E-state index in [0.29, 0.717) is 31.1 Å². The van der Waals surface area contributed by atoms with Gasteiger partial charge in [0.2, 0.25) is 0 Å². The first-order chi connectivity index (χ1) is 11.6. The highest BCUT2D eigenvalue weighted by Crippen LogP contribution is 2.28. The maximum Gasteiger partial charge on any atom is 0.303 e. The normalized spacial score (nSPS) is 10.2. The number of aliphatic carboxylic acids is 1. The quantitative estimate of drug-likeness (QED) is 0.713. The van der Waals surface area contributed by atoms with E-state index in [4.69, 9.17) is 19.3 Å². The minimum absolute atomic E-state index is 0.0856. The highest BCUT2D eigenvalue weighted by molar-refractivity contribution is 5.67. The average Bonchev–Trinajstić information content (AvgIpc) is 2.58. The SMILES string of the molecule is COc1ccc(CCC(=O)O)cc1OCCOc1ccc(C)cc1. The van der Waals surface area contributed by atoms with Crippen molar-refractivity contribution in [2.75, 3.05) is 20.3 Å². The van der Waals surface area contributed by atoms with Crippen molar-refractivity contribution in [3.8, 4) is 17.2 Å². The van der Waals surface area contributed by atoms with Crippen molar-refractivity contribution in [1.82, 2.24) is 0 Å². The third kappa shape index (κ3) is 5.50. The summed E-state index contributed by atoms with van der Waals surface area (Å²) in [6.45, 7) is 2.80. The number of hydrogen-bond donors (Lipinski definition) is 1. The fourth-order valence-electron chi connectivity index (χ4n) is 2.19. The largest absolute Gasteiger partial charge is 0.493 e. The second-order valence-electron chi connectivity index (χ2n) is 5.39. The van der Waals surface area contributed by atoms with E-state index in [-0.39, 0.29) is 6.42 Å². The maximum absolute atomic E-state index is 10.7. The Morgan fingerprint density at radius 2 is 1.71 bits per heavy atom. The van der Waals surface area contributed by atoms with Gasteiger partial charge in [0, 0.05) is 6.42 Å². The highest BCUT2D eigenvalue weighted by Gasteiger charge is 2.07. The first-order valence-corrected chi connectivity index (χ1v) is 7.79. The summed E-state index contributed by atoms with van der Waals surface area (Å²) in [5, 5.41) is 8.77. The number of hydrogen-bond acceptors (Lipinski definition) is 4. The molecule has 0 aliphatic heterocycles. The smallest absolute Gasteiger partial charge is 0.303 e. The number of carboxylic acid groups (broad SMARTS) is 1. The van der Waals surface area contributed by atoms with E-state index in [1.807, 2.05) is 43.3 Å². The van der Waals surface area contributed by atoms with Crippen molar-refractivity contribution in [1.29, 1.82) is 0 Å². The standard InChI is InChI=1S/C19H22O5/c1-14-3-7-16(8-4-14)23-11-12-24-18-13-15(6-10-19(20)21)5-9-17(18)22-2/h3-5,7-9,13H,6,10-12H2,1-2H3,(H,20,21). The maximum atomic E-state index is 10.7. The monoisotopic (exact) mass is 330 g/mol. The van der Waals surface area contributed by atoms with Crippen molar-refractivity contribution in [2.24, 2.45) is 0 Å². The summed E-state index contributed by atoms with van der Waals surface area (Å²) >= 11 is 0. The van der Waals surface area contributed by atoms with Crippen LogP contribution in [0.3, 0.4) is 0 Å². The number of aryl methyl sites for hydroxylation is 2. The lowest BCUT2D eigenvalue weighted by molar-refractivity contribution is -0.136. The summed E-state index contributed by atoms with van der Waals surface area (Å²) in [5.41, 5.74) is 2.08. The Kier molecular flexibility index (Phi) is 6.49. The van der Waals surface area contributed by atoms with Gasteiger partial charge < -0.3 is 19.3 Å². The van der Waals surface area contributed by atoms with Crippen LogP contribution in [-0.2, 0) is 11.2 Å². The van der Waals surface area contributed by atoms with E-state index in [0.717, 1.165) is 11.3 Å². The van der Waals surface area contributed by atoms with E-state index in [1.165, 1.54) is 5.56 Å². The third-order valence-electron chi connectivity index (χ3n) is 3.49. The van der Waals surface area contributed by atoms with Gasteiger partial charge in [0.05, 0.1) is 7.11 Å². The second-order valence-corrected chi connectivity index (χ2v) is 5.39. The Labute approximate surface area is 141 Å². The van der Waals surface area contributed by atoms with E-state index in [2.05, 4.69) is 0 Å². The lowest BCUT2D eigenvalue weighted by Crippen LogP contribution is -2.10. The predicted molar refractivity (Wildman–Crippen MR) is 91.1 cm³/mol. The molecule has 5 heteroatoms. The van der Waals surface area contributed by atoms with Crippen LogP contribution in [0.25, 0.3) is 0 Å². The molecule has 2 aromatic carbocycles. The van der Waals surface area contributed by atoms with Crippen LogP contribution in [0.1, 0.15) is 17.5 Å². The summed E-state index contributed by atoms with van der Waals surface area (Å²) in [6.07, 6.45) is 0.540. The van der Waals surface area contributed by atoms with Gasteiger partial charge in [-0.1, -0.05) is 23.8 Å². The molecule has 0 radical (unpaired) electrons. The van der Waals surface area contributed by atoms with Gasteiger partial charge in [-0.05, 0) is 43.2 Å². The molecule has 0 heterocycles. The summed E-state index contributed by atoms with van der Waals surface area (Å²) < 4.78 is 16.6. The van der Waals surface area contributed by atoms with Crippen molar-refractivity contribution in [3.05, 3.63) is 53.6 Å². The minimum Gasteiger partial charge on any atom is -0.493 e. The summed E-state index contributed by atoms with van der Waals surface area (Å²) in [7, 11) is 1.57. The summed E-state index contributed by atoms with van der Waals surface area (Å²) in [6, 6.07) is 13.3. The van der Waals surface area contributed by atoms with Crippen LogP contribution in [0.15, 0.2) is 42.5 Å². The number of rotatable bonds is 9. The third-order valence-corrected chi connectivity index (χ3v) is 3.49. The van der Waals surface area contributed by atoms with Crippen molar-refractivity contribution < 1.29 is 24.1 Å². The number of methoxy groups -OCH3 is 1. The molecular weight excluding hydrogens is 308 g/mol. The van der Waals surface area contributed by atoms with Gasteiger partial charge in [-0.25, -0.2) is 0 Å². The Bertz CT molecular complexity index is 664. The molecule has 0 bridgehead atoms. The van der Waals surface area contributed by atoms with Crippen molar-refractivity contribution in [3.63, 3.8) is 0 Å². The molecular formula is C19H22O5. The summed E-state index contributed by atoms with van der Waals surface area (Å²) in [5.74, 6) is 1.18. The molecule has 0 spiro atoms. The minimum atomic E-state index is -0.820. The van der Waals surface area contributed by atoms with E-state index in [9.17, 15) is 4.79 Å². The van der Waals surface area contributed by atoms with Crippen LogP contribution in [0.4, 0.5) is 0 Å². The van der Waals surface area contributed by atoms with Gasteiger partial charge in [-0.3, -0.25) is 4.79 Å². The molecule has 1 N–H and O–H groups in total. The lowest BCUT2D eigenvalue weighted by atomic mass is 10.1. The molecule has 0 amide bonds. The van der Waals surface area contributed by atoms with E-state index in [1.54, 1.807) is 13.2 Å². The van der Waals surface area contributed by atoms with Gasteiger partial charge in [0.15, 0.2) is 11.5 Å². The summed E-state index contributed by atoms with van der Waals surface area (Å²) in [4.78, 5) is 10.7. The number of carbonyl (C=O) groups is 1. The van der Waals surface area contributed by atoms with Crippen LogP contribution >= 0.6 is 0 Å². The molecule has 5 nitrogen and oxygen atoms in total. The van der Waals surface area contributed by atoms with Gasteiger partial charge in [-0.15, -0.1) is 0 Å². The predicted octanol–water partition coefficient (Wildman–Crippen LogP) is 3.48. The molecule has 0 saturated carbocycles. The average molecular weight is 330 g/mol. The van der Waals surface area contributed by atoms with Crippen LogP contribution in [0, 0.1) is 6.92 Å². The Morgan fingerprint density at radius 3 is 2.38 bits per heavy atom. The van der Waals surface area contributed by atoms with Crippen molar-refractivity contribution in [2.45, 2.75) is 19.8 Å². The molecule has 2 aromatic rings. The first-order valence-electron chi connectivity index (χ1n) is 7.79. The number of ether oxygens (including phenoxy) is 3. The van der Waals surface area contributed by atoms with Gasteiger partial charge in [0.25, 0.3) is 0 Å². The zero-order valence-electron chi connectivity index (χ0n) is 14.0. The Morgan fingerprint density at radius 1 is 1.00 bits per heavy atom. The second kappa shape index (κ2) is 8.82. The van der Waals surface area contributed by atoms with Gasteiger partial charge in [0.1, 0.15) is 19.0 Å². The topological polar surface area (TPSA) is 65.0 Å². The molecule has 0 aliphatic rings. The molecule has 2 rings (SSSR count). The highest BCUT2D eigenvalue weighted by atomic mass is 16.5. The zero-order chi connectivity index (χ0) is 17.4. The molecule has 0 saturated heterocycles. The first kappa shape index (κ1) is 17.7. The van der Waals surface area contributed by atoms with Gasteiger partial charge in [-0.2, -0.15) is 0 Å². The molecule has 0 fully saturated rings. The fraction of sp³-hybridized carbons (Fsp3) is 0.316. The Balaban J connectivity index is 1.88. The van der Waals surface area contributed by atoms with E-state index < -0.39 is 5.97 Å². The molecule has 0 atom stereocenters. The molecule has 128 valence electrons. The van der Waals surface area contributed by atoms with Crippen LogP contribution in [0.2, 0.25) is 0 Å². The Hall–Kier alpha value is -2.69. The molecule has 0 aliphatic carbocycles. The van der Waals surface area contributed by atoms with E-state index >= 15 is 0 Å². The van der Waals surface area contributed by atoms with Gasteiger partial charge >= 0.3 is 5.97 Å².